The van der Waals surface area contributed by atoms with Crippen LogP contribution in [0.4, 0.5) is 0 Å². The van der Waals surface area contributed by atoms with Crippen LogP contribution in [0.25, 0.3) is 0 Å². The highest BCUT2D eigenvalue weighted by Crippen LogP contribution is 2.13. The van der Waals surface area contributed by atoms with Crippen LogP contribution in [-0.4, -0.2) is 10.2 Å². The number of rotatable bonds is 0. The van der Waals surface area contributed by atoms with E-state index in [4.69, 9.17) is 15.5 Å². The summed E-state index contributed by atoms with van der Waals surface area (Å²) in [6.45, 7) is 1.43. The van der Waals surface area contributed by atoms with Crippen molar-refractivity contribution in [3.63, 3.8) is 0 Å². The molecule has 1 aromatic rings. The number of aromatic hydroxyl groups is 2. The van der Waals surface area contributed by atoms with Gasteiger partial charge in [-0.2, -0.15) is 5.26 Å². The summed E-state index contributed by atoms with van der Waals surface area (Å²) >= 11 is 0. The predicted molar refractivity (Wildman–Crippen MR) is 41.1 cm³/mol. The smallest absolute Gasteiger partial charge is 0.115 e. The third-order valence-electron chi connectivity index (χ3n) is 0.850. The molecular formula is C8H9NO2. The van der Waals surface area contributed by atoms with E-state index >= 15 is 0 Å². The minimum absolute atomic E-state index is 0.169. The molecular weight excluding hydrogens is 142 g/mol. The number of phenolic OH excluding ortho intramolecular Hbond substituents is 2. The molecule has 58 valence electrons. The van der Waals surface area contributed by atoms with Gasteiger partial charge in [0.2, 0.25) is 0 Å². The molecule has 0 atom stereocenters. The van der Waals surface area contributed by atoms with Gasteiger partial charge in [-0.25, -0.2) is 0 Å². The maximum atomic E-state index is 8.65. The van der Waals surface area contributed by atoms with E-state index in [1.54, 1.807) is 6.07 Å². The number of hydrogen-bond donors (Lipinski definition) is 2. The van der Waals surface area contributed by atoms with Crippen molar-refractivity contribution in [1.82, 2.24) is 0 Å². The minimum Gasteiger partial charge on any atom is -0.508 e. The number of hydrogen-bond acceptors (Lipinski definition) is 3. The highest BCUT2D eigenvalue weighted by molar-refractivity contribution is 5.28. The van der Waals surface area contributed by atoms with Crippen molar-refractivity contribution in [3.05, 3.63) is 24.3 Å². The van der Waals surface area contributed by atoms with E-state index in [-0.39, 0.29) is 11.5 Å². The van der Waals surface area contributed by atoms with Crippen LogP contribution in [-0.2, 0) is 0 Å². The molecule has 11 heavy (non-hydrogen) atoms. The van der Waals surface area contributed by atoms with Gasteiger partial charge in [-0.3, -0.25) is 0 Å². The lowest BCUT2D eigenvalue weighted by Gasteiger charge is -1.88. The van der Waals surface area contributed by atoms with Gasteiger partial charge in [-0.05, 0) is 24.3 Å². The van der Waals surface area contributed by atoms with E-state index in [0.717, 1.165) is 0 Å². The zero-order chi connectivity index (χ0) is 8.69. The average molecular weight is 151 g/mol. The normalized spacial score (nSPS) is 7.27. The van der Waals surface area contributed by atoms with Gasteiger partial charge >= 0.3 is 0 Å². The quantitative estimate of drug-likeness (QED) is 0.554. The second-order valence-corrected chi connectivity index (χ2v) is 1.74. The maximum absolute atomic E-state index is 8.65. The highest BCUT2D eigenvalue weighted by Gasteiger charge is 1.84. The van der Waals surface area contributed by atoms with Gasteiger partial charge in [0.05, 0.1) is 6.07 Å². The summed E-state index contributed by atoms with van der Waals surface area (Å²) in [5, 5.41) is 24.6. The Balaban J connectivity index is 0.000000292. The third kappa shape index (κ3) is 4.79. The lowest BCUT2D eigenvalue weighted by atomic mass is 10.3. The highest BCUT2D eigenvalue weighted by atomic mass is 16.3. The summed E-state index contributed by atoms with van der Waals surface area (Å²) in [6.07, 6.45) is 0. The molecule has 0 aliphatic heterocycles. The largest absolute Gasteiger partial charge is 0.508 e. The summed E-state index contributed by atoms with van der Waals surface area (Å²) in [5.41, 5.74) is 0. The second-order valence-electron chi connectivity index (χ2n) is 1.74. The van der Waals surface area contributed by atoms with Gasteiger partial charge < -0.3 is 10.2 Å². The van der Waals surface area contributed by atoms with Gasteiger partial charge in [0.15, 0.2) is 0 Å². The van der Waals surface area contributed by atoms with Gasteiger partial charge in [-0.15, -0.1) is 0 Å². The molecule has 0 saturated heterocycles. The molecule has 0 aliphatic carbocycles. The Hall–Kier alpha value is -1.69. The summed E-state index contributed by atoms with van der Waals surface area (Å²) in [5.74, 6) is 0.339. The Morgan fingerprint density at radius 3 is 1.45 bits per heavy atom. The molecule has 0 radical (unpaired) electrons. The Kier molecular flexibility index (Phi) is 4.34. The van der Waals surface area contributed by atoms with Gasteiger partial charge in [-0.1, -0.05) is 0 Å². The lowest BCUT2D eigenvalue weighted by molar-refractivity contribution is 0.460. The molecule has 0 spiro atoms. The molecule has 2 N–H and O–H groups in total. The molecule has 1 rings (SSSR count). The molecule has 0 bridgehead atoms. The molecule has 0 unspecified atom stereocenters. The SMILES string of the molecule is CC#N.Oc1ccc(O)cc1. The first kappa shape index (κ1) is 9.31. The first-order valence-electron chi connectivity index (χ1n) is 2.99. The van der Waals surface area contributed by atoms with Crippen LogP contribution in [0.2, 0.25) is 0 Å². The molecule has 3 nitrogen and oxygen atoms in total. The standard InChI is InChI=1S/C6H6O2.C2H3N/c7-5-1-2-6(8)4-3-5;1-2-3/h1-4,7-8H;1H3. The van der Waals surface area contributed by atoms with Crippen LogP contribution in [0.15, 0.2) is 24.3 Å². The fourth-order valence-electron chi connectivity index (χ4n) is 0.453. The number of phenols is 2. The van der Waals surface area contributed by atoms with E-state index in [9.17, 15) is 0 Å². The molecule has 0 aliphatic rings. The Morgan fingerprint density at radius 2 is 1.27 bits per heavy atom. The zero-order valence-corrected chi connectivity index (χ0v) is 6.15. The number of nitriles is 1. The van der Waals surface area contributed by atoms with E-state index in [0.29, 0.717) is 0 Å². The molecule has 0 saturated carbocycles. The second kappa shape index (κ2) is 5.12. The van der Waals surface area contributed by atoms with E-state index in [1.807, 2.05) is 0 Å². The monoisotopic (exact) mass is 151 g/mol. The van der Waals surface area contributed by atoms with Crippen LogP contribution in [0.1, 0.15) is 6.92 Å². The molecule has 0 aromatic heterocycles. The molecule has 0 heterocycles. The topological polar surface area (TPSA) is 64.2 Å². The maximum Gasteiger partial charge on any atom is 0.115 e. The van der Waals surface area contributed by atoms with Crippen molar-refractivity contribution in [2.45, 2.75) is 6.92 Å². The Bertz CT molecular complexity index is 214. The predicted octanol–water partition coefficient (Wildman–Crippen LogP) is 1.63. The summed E-state index contributed by atoms with van der Waals surface area (Å²) in [4.78, 5) is 0. The van der Waals surface area contributed by atoms with Crippen molar-refractivity contribution in [3.8, 4) is 17.6 Å². The van der Waals surface area contributed by atoms with Crippen LogP contribution >= 0.6 is 0 Å². The van der Waals surface area contributed by atoms with Crippen molar-refractivity contribution < 1.29 is 10.2 Å². The Labute approximate surface area is 65.1 Å². The van der Waals surface area contributed by atoms with Crippen molar-refractivity contribution >= 4 is 0 Å². The fourth-order valence-corrected chi connectivity index (χ4v) is 0.453. The van der Waals surface area contributed by atoms with Crippen LogP contribution in [0.5, 0.6) is 11.5 Å². The van der Waals surface area contributed by atoms with E-state index in [1.165, 1.54) is 31.2 Å². The number of nitrogens with zero attached hydrogens (tertiary/aromatic N) is 1. The molecule has 0 amide bonds. The summed E-state index contributed by atoms with van der Waals surface area (Å²) in [7, 11) is 0. The van der Waals surface area contributed by atoms with E-state index in [2.05, 4.69) is 0 Å². The molecule has 3 heteroatoms. The molecule has 0 fully saturated rings. The van der Waals surface area contributed by atoms with E-state index < -0.39 is 0 Å². The molecule has 1 aromatic carbocycles. The minimum atomic E-state index is 0.169. The first-order valence-corrected chi connectivity index (χ1v) is 2.99. The summed E-state index contributed by atoms with van der Waals surface area (Å²) in [6, 6.07) is 7.45. The number of benzene rings is 1. The van der Waals surface area contributed by atoms with Gasteiger partial charge in [0, 0.05) is 6.92 Å². The zero-order valence-electron chi connectivity index (χ0n) is 6.15. The van der Waals surface area contributed by atoms with Crippen LogP contribution in [0.3, 0.4) is 0 Å². The van der Waals surface area contributed by atoms with Gasteiger partial charge in [0.25, 0.3) is 0 Å². The summed E-state index contributed by atoms with van der Waals surface area (Å²) < 4.78 is 0. The first-order chi connectivity index (χ1) is 5.20. The van der Waals surface area contributed by atoms with Crippen LogP contribution < -0.4 is 0 Å². The lowest BCUT2D eigenvalue weighted by Crippen LogP contribution is -1.61. The van der Waals surface area contributed by atoms with Crippen molar-refractivity contribution in [2.75, 3.05) is 0 Å². The third-order valence-corrected chi connectivity index (χ3v) is 0.850. The van der Waals surface area contributed by atoms with Crippen LogP contribution in [0, 0.1) is 11.3 Å². The van der Waals surface area contributed by atoms with Crippen molar-refractivity contribution in [2.24, 2.45) is 0 Å². The van der Waals surface area contributed by atoms with Gasteiger partial charge in [0.1, 0.15) is 11.5 Å². The average Bonchev–Trinajstić information content (AvgIpc) is 1.97. The Morgan fingerprint density at radius 1 is 1.09 bits per heavy atom. The van der Waals surface area contributed by atoms with Crippen molar-refractivity contribution in [1.29, 1.82) is 5.26 Å². The fraction of sp³-hybridized carbons (Fsp3) is 0.125.